The van der Waals surface area contributed by atoms with Crippen molar-refractivity contribution in [2.24, 2.45) is 0 Å². The maximum atomic E-state index is 12.8. The van der Waals surface area contributed by atoms with Crippen LogP contribution in [0.5, 0.6) is 0 Å². The maximum Gasteiger partial charge on any atom is 0.333 e. The number of halogens is 1. The van der Waals surface area contributed by atoms with Gasteiger partial charge in [-0.05, 0) is 123 Å². The van der Waals surface area contributed by atoms with Crippen molar-refractivity contribution in [3.05, 3.63) is 112 Å². The first-order valence-corrected chi connectivity index (χ1v) is 27.2. The molecule has 0 saturated carbocycles. The minimum atomic E-state index is -4.72. The Hall–Kier alpha value is -4.83. The Bertz CT molecular complexity index is 3000. The number of carbonyl (C=O) groups is 2. The lowest BCUT2D eigenvalue weighted by atomic mass is 9.78. The van der Waals surface area contributed by atoms with Crippen LogP contribution in [0.2, 0.25) is 0 Å². The van der Waals surface area contributed by atoms with Gasteiger partial charge in [-0.25, -0.2) is 10.1 Å². The van der Waals surface area contributed by atoms with Crippen molar-refractivity contribution < 1.29 is 59.6 Å². The fourth-order valence-electron chi connectivity index (χ4n) is 9.96. The van der Waals surface area contributed by atoms with E-state index in [1.54, 1.807) is 12.1 Å². The smallest absolute Gasteiger partial charge is 0.333 e. The minimum absolute atomic E-state index is 0.103. The zero-order valence-electron chi connectivity index (χ0n) is 40.2. The van der Waals surface area contributed by atoms with Crippen molar-refractivity contribution in [2.75, 3.05) is 42.7 Å². The van der Waals surface area contributed by atoms with E-state index in [4.69, 9.17) is 21.7 Å². The van der Waals surface area contributed by atoms with E-state index in [1.807, 2.05) is 63.2 Å². The lowest BCUT2D eigenvalue weighted by molar-refractivity contribution is -0.438. The lowest BCUT2D eigenvalue weighted by Crippen LogP contribution is -2.28. The first-order valence-electron chi connectivity index (χ1n) is 23.1. The van der Waals surface area contributed by atoms with Crippen LogP contribution >= 0.6 is 23.6 Å². The largest absolute Gasteiger partial charge is 0.378 e. The average molecular weight is 1040 g/mol. The van der Waals surface area contributed by atoms with Crippen molar-refractivity contribution in [3.63, 3.8) is 0 Å². The highest BCUT2D eigenvalue weighted by Gasteiger charge is 2.46. The third-order valence-corrected chi connectivity index (χ3v) is 16.2. The van der Waals surface area contributed by atoms with E-state index in [9.17, 15) is 35.5 Å². The van der Waals surface area contributed by atoms with Gasteiger partial charge < -0.3 is 14.6 Å². The van der Waals surface area contributed by atoms with E-state index >= 15 is 0 Å². The van der Waals surface area contributed by atoms with Gasteiger partial charge in [-0.2, -0.15) is 21.4 Å². The molecular formula is C50H60ClN4O12S3+. The van der Waals surface area contributed by atoms with Crippen molar-refractivity contribution in [1.82, 2.24) is 5.06 Å². The molecule has 70 heavy (non-hydrogen) atoms. The topological polar surface area (TPSA) is 204 Å². The molecule has 0 atom stereocenters. The third-order valence-electron chi connectivity index (χ3n) is 13.4. The Kier molecular flexibility index (Phi) is 16.0. The summed E-state index contributed by atoms with van der Waals surface area (Å²) in [5.74, 6) is -1.18. The zero-order valence-corrected chi connectivity index (χ0v) is 43.4. The van der Waals surface area contributed by atoms with E-state index in [-0.39, 0.29) is 46.1 Å². The molecule has 3 aromatic rings. The van der Waals surface area contributed by atoms with Gasteiger partial charge in [0, 0.05) is 95.4 Å². The highest BCUT2D eigenvalue weighted by Crippen LogP contribution is 2.50. The Morgan fingerprint density at radius 2 is 1.69 bits per heavy atom. The number of fused-ring (bicyclic) bond motifs is 4. The van der Waals surface area contributed by atoms with Gasteiger partial charge in [0.15, 0.2) is 5.71 Å². The molecule has 0 radical (unpaired) electrons. The Labute approximate surface area is 419 Å². The van der Waals surface area contributed by atoms with Crippen LogP contribution in [0.1, 0.15) is 103 Å². The highest BCUT2D eigenvalue weighted by atomic mass is 35.5. The van der Waals surface area contributed by atoms with Gasteiger partial charge in [-0.3, -0.25) is 13.9 Å². The number of unbranched alkanes of at least 4 members (excludes halogenated alkanes) is 2. The molecule has 3 aliphatic heterocycles. The summed E-state index contributed by atoms with van der Waals surface area (Å²) < 4.78 is 75.8. The van der Waals surface area contributed by atoms with Crippen LogP contribution in [0.25, 0.3) is 10.8 Å². The molecule has 4 aliphatic rings. The van der Waals surface area contributed by atoms with Crippen LogP contribution in [-0.4, -0.2) is 91.4 Å². The van der Waals surface area contributed by atoms with Gasteiger partial charge in [0.05, 0.1) is 28.9 Å². The summed E-state index contributed by atoms with van der Waals surface area (Å²) >= 11 is 7.90. The van der Waals surface area contributed by atoms with Crippen LogP contribution in [0.4, 0.5) is 17.1 Å². The summed E-state index contributed by atoms with van der Waals surface area (Å²) in [6.07, 6.45) is 13.3. The molecule has 0 bridgehead atoms. The SMILES string of the molecule is C=C1CCC(=O)N1OC(=O)CCCCC[N+]1=C(C=CC2=C(Cl)C(=CC=C3N(CCCS(=O)(=O)O)c4ccc(N(C)C)cc4C3(C)C)CCC2)C(C)(C)c2c1ccc1c(S(=O)(=O)O)cc(SOOO)cc21. The van der Waals surface area contributed by atoms with Crippen molar-refractivity contribution in [1.29, 1.82) is 0 Å². The quantitative estimate of drug-likeness (QED) is 0.0255. The van der Waals surface area contributed by atoms with Crippen LogP contribution in [0.3, 0.4) is 0 Å². The lowest BCUT2D eigenvalue weighted by Gasteiger charge is -2.27. The summed E-state index contributed by atoms with van der Waals surface area (Å²) in [6, 6.07) is 12.7. The molecule has 1 amide bonds. The third kappa shape index (κ3) is 11.3. The number of hydroxylamine groups is 2. The van der Waals surface area contributed by atoms with Gasteiger partial charge in [-0.1, -0.05) is 49.2 Å². The van der Waals surface area contributed by atoms with Gasteiger partial charge >= 0.3 is 5.97 Å². The van der Waals surface area contributed by atoms with Gasteiger partial charge in [-0.15, -0.1) is 9.40 Å². The first kappa shape index (κ1) is 53.0. The van der Waals surface area contributed by atoms with Crippen LogP contribution < -0.4 is 9.80 Å². The Morgan fingerprint density at radius 3 is 2.36 bits per heavy atom. The predicted octanol–water partition coefficient (Wildman–Crippen LogP) is 10.2. The van der Waals surface area contributed by atoms with Crippen LogP contribution in [0, 0.1) is 0 Å². The number of hydrogen-bond acceptors (Lipinski definition) is 13. The molecule has 3 N–H and O–H groups in total. The second-order valence-corrected chi connectivity index (χ2v) is 23.3. The van der Waals surface area contributed by atoms with Gasteiger partial charge in [0.25, 0.3) is 26.1 Å². The second-order valence-electron chi connectivity index (χ2n) is 19.1. The molecule has 1 fully saturated rings. The summed E-state index contributed by atoms with van der Waals surface area (Å²) in [4.78, 5) is 34.2. The number of anilines is 2. The van der Waals surface area contributed by atoms with E-state index in [2.05, 4.69) is 57.5 Å². The summed E-state index contributed by atoms with van der Waals surface area (Å²) in [6.45, 7) is 13.0. The summed E-state index contributed by atoms with van der Waals surface area (Å²) in [5, 5.41) is 15.1. The molecule has 0 aromatic heterocycles. The van der Waals surface area contributed by atoms with E-state index in [0.29, 0.717) is 73.4 Å². The number of hydrogen-bond donors (Lipinski definition) is 3. The van der Waals surface area contributed by atoms with E-state index in [0.717, 1.165) is 68.6 Å². The van der Waals surface area contributed by atoms with Crippen LogP contribution in [0.15, 0.2) is 111 Å². The molecule has 1 aliphatic carbocycles. The van der Waals surface area contributed by atoms with Crippen molar-refractivity contribution in [2.45, 2.75) is 113 Å². The predicted molar refractivity (Wildman–Crippen MR) is 271 cm³/mol. The summed E-state index contributed by atoms with van der Waals surface area (Å²) in [7, 11) is -4.91. The number of carbonyl (C=O) groups excluding carboxylic acids is 2. The number of benzene rings is 3. The number of rotatable bonds is 19. The second kappa shape index (κ2) is 21.1. The monoisotopic (exact) mass is 1040 g/mol. The molecule has 3 heterocycles. The van der Waals surface area contributed by atoms with Crippen molar-refractivity contribution >= 4 is 89.3 Å². The van der Waals surface area contributed by atoms with Crippen LogP contribution in [-0.2, 0) is 54.9 Å². The summed E-state index contributed by atoms with van der Waals surface area (Å²) in [5.41, 5.74) is 7.66. The number of allylic oxidation sites excluding steroid dienone is 9. The maximum absolute atomic E-state index is 12.8. The molecule has 16 nitrogen and oxygen atoms in total. The molecule has 1 saturated heterocycles. The molecule has 3 aromatic carbocycles. The standard InChI is InChI=1S/C50H59ClN4O12S3/c1-32-16-25-45(56)55(32)65-46(57)15-9-8-10-26-54-41-22-20-37-38(30-36(68-67-66-58)31-42(37)70(62,63)64)47(41)50(4,5)44(54)24-18-34-14-11-13-33(48(34)51)17-23-43-49(2,3)39-29-35(52(6)7)19-21-40(39)53(43)27-12-28-69(59,60)61/h17-24,29-31H,1,8-16,25-28H2,2-7H3,(H2-,58,59,60,61,62,63,64)/p+1. The molecule has 0 spiro atoms. The van der Waals surface area contributed by atoms with E-state index in [1.165, 1.54) is 6.07 Å². The number of nitrogens with zero attached hydrogens (tertiary/aromatic N) is 4. The zero-order chi connectivity index (χ0) is 50.9. The molecule has 20 heteroatoms. The fraction of sp³-hybridized carbons (Fsp3) is 0.420. The molecular weight excluding hydrogens is 980 g/mol. The fourth-order valence-corrected chi connectivity index (χ4v) is 12.0. The minimum Gasteiger partial charge on any atom is -0.378 e. The average Bonchev–Trinajstić information content (AvgIpc) is 3.80. The highest BCUT2D eigenvalue weighted by molar-refractivity contribution is 7.94. The first-order chi connectivity index (χ1) is 32.9. The normalized spacial score (nSPS) is 19.2. The number of amides is 1. The van der Waals surface area contributed by atoms with Gasteiger partial charge in [0.2, 0.25) is 5.69 Å². The van der Waals surface area contributed by atoms with Gasteiger partial charge in [0.1, 0.15) is 11.4 Å². The molecule has 0 unspecified atom stereocenters. The molecule has 376 valence electrons. The van der Waals surface area contributed by atoms with Crippen molar-refractivity contribution in [3.8, 4) is 0 Å². The Balaban J connectivity index is 1.23. The Morgan fingerprint density at radius 1 is 0.929 bits per heavy atom. The molecule has 7 rings (SSSR count). The van der Waals surface area contributed by atoms with E-state index < -0.39 is 37.0 Å².